The molecule has 2 amide bonds. The Bertz CT molecular complexity index is 1340. The standard InChI is InChI=1S/C23H23FN4O5/c1-4-26-22(32)23(2)11-28-17-16(18(29)15(21(28)31)20(30)25-3)27-10-13(19(17)33-23)9-12-5-7-14(24)8-6-12/h5-8,10,29H,4,9,11H2,1-3H3,(H,25,30)(H,26,32)/t23-/m0/s1. The fourth-order valence-electron chi connectivity index (χ4n) is 3.97. The zero-order chi connectivity index (χ0) is 23.9. The van der Waals surface area contributed by atoms with Gasteiger partial charge in [-0.1, -0.05) is 12.1 Å². The van der Waals surface area contributed by atoms with Crippen molar-refractivity contribution in [3.8, 4) is 11.5 Å². The number of nitrogens with zero attached hydrogens (tertiary/aromatic N) is 2. The number of hydrogen-bond donors (Lipinski definition) is 3. The Morgan fingerprint density at radius 2 is 2.00 bits per heavy atom. The van der Waals surface area contributed by atoms with E-state index in [-0.39, 0.29) is 35.6 Å². The quantitative estimate of drug-likeness (QED) is 0.537. The SMILES string of the molecule is CCNC(=O)[C@]1(C)Cn2c(=O)c(C(=O)NC)c(O)c3ncc(Cc4ccc(F)cc4)c(c32)O1. The highest BCUT2D eigenvalue weighted by Crippen LogP contribution is 2.40. The van der Waals surface area contributed by atoms with Gasteiger partial charge in [-0.05, 0) is 31.5 Å². The van der Waals surface area contributed by atoms with Crippen molar-refractivity contribution in [2.45, 2.75) is 32.4 Å². The second-order valence-electron chi connectivity index (χ2n) is 8.00. The molecule has 4 rings (SSSR count). The van der Waals surface area contributed by atoms with E-state index in [1.165, 1.54) is 29.9 Å². The van der Waals surface area contributed by atoms with Crippen LogP contribution in [0.3, 0.4) is 0 Å². The number of halogens is 1. The Labute approximate surface area is 188 Å². The predicted molar refractivity (Wildman–Crippen MR) is 118 cm³/mol. The number of amides is 2. The molecule has 1 aromatic carbocycles. The molecule has 3 heterocycles. The van der Waals surface area contributed by atoms with Gasteiger partial charge < -0.3 is 20.5 Å². The molecule has 1 atom stereocenters. The summed E-state index contributed by atoms with van der Waals surface area (Å²) in [5.74, 6) is -1.95. The number of carbonyl (C=O) groups is 2. The van der Waals surface area contributed by atoms with E-state index < -0.39 is 34.3 Å². The third kappa shape index (κ3) is 3.67. The minimum absolute atomic E-state index is 0.00371. The van der Waals surface area contributed by atoms with Gasteiger partial charge in [0.15, 0.2) is 11.5 Å². The fraction of sp³-hybridized carbons (Fsp3) is 0.304. The van der Waals surface area contributed by atoms with Crippen molar-refractivity contribution in [1.29, 1.82) is 0 Å². The summed E-state index contributed by atoms with van der Waals surface area (Å²) in [5, 5.41) is 15.8. The smallest absolute Gasteiger partial charge is 0.268 e. The summed E-state index contributed by atoms with van der Waals surface area (Å²) in [6.45, 7) is 3.48. The summed E-state index contributed by atoms with van der Waals surface area (Å²) in [6.07, 6.45) is 1.73. The Morgan fingerprint density at radius 3 is 2.64 bits per heavy atom. The first-order valence-electron chi connectivity index (χ1n) is 10.4. The monoisotopic (exact) mass is 454 g/mol. The molecule has 0 saturated heterocycles. The van der Waals surface area contributed by atoms with Gasteiger partial charge >= 0.3 is 0 Å². The van der Waals surface area contributed by atoms with Crippen LogP contribution in [0.5, 0.6) is 11.5 Å². The number of likely N-dealkylation sites (N-methyl/N-ethyl adjacent to an activating group) is 1. The minimum atomic E-state index is -1.46. The van der Waals surface area contributed by atoms with E-state index >= 15 is 0 Å². The molecule has 9 nitrogen and oxygen atoms in total. The van der Waals surface area contributed by atoms with Crippen molar-refractivity contribution >= 4 is 22.8 Å². The molecule has 2 aromatic heterocycles. The van der Waals surface area contributed by atoms with Crippen LogP contribution in [0.2, 0.25) is 0 Å². The van der Waals surface area contributed by atoms with Crippen LogP contribution in [-0.2, 0) is 17.8 Å². The maximum absolute atomic E-state index is 13.3. The summed E-state index contributed by atoms with van der Waals surface area (Å²) in [7, 11) is 1.34. The van der Waals surface area contributed by atoms with Crippen LogP contribution >= 0.6 is 0 Å². The van der Waals surface area contributed by atoms with Crippen LogP contribution in [0.15, 0.2) is 35.3 Å². The summed E-state index contributed by atoms with van der Waals surface area (Å²) < 4.78 is 20.8. The first-order valence-corrected chi connectivity index (χ1v) is 10.4. The van der Waals surface area contributed by atoms with Crippen molar-refractivity contribution in [3.63, 3.8) is 0 Å². The molecule has 0 saturated carbocycles. The van der Waals surface area contributed by atoms with Gasteiger partial charge in [0.1, 0.15) is 22.4 Å². The van der Waals surface area contributed by atoms with Crippen LogP contribution < -0.4 is 20.9 Å². The van der Waals surface area contributed by atoms with E-state index in [4.69, 9.17) is 4.74 Å². The summed E-state index contributed by atoms with van der Waals surface area (Å²) in [4.78, 5) is 42.8. The highest BCUT2D eigenvalue weighted by Gasteiger charge is 2.43. The van der Waals surface area contributed by atoms with Crippen molar-refractivity contribution in [2.24, 2.45) is 0 Å². The van der Waals surface area contributed by atoms with Crippen LogP contribution in [-0.4, -0.2) is 45.7 Å². The van der Waals surface area contributed by atoms with Gasteiger partial charge in [-0.15, -0.1) is 0 Å². The molecule has 0 spiro atoms. The fourth-order valence-corrected chi connectivity index (χ4v) is 3.97. The maximum atomic E-state index is 13.3. The van der Waals surface area contributed by atoms with E-state index in [2.05, 4.69) is 15.6 Å². The Morgan fingerprint density at radius 1 is 1.30 bits per heavy atom. The Kier molecular flexibility index (Phi) is 5.52. The predicted octanol–water partition coefficient (Wildman–Crippen LogP) is 1.48. The molecule has 0 bridgehead atoms. The first kappa shape index (κ1) is 22.3. The summed E-state index contributed by atoms with van der Waals surface area (Å²) in [5.41, 5.74) is -1.21. The molecule has 1 aliphatic heterocycles. The van der Waals surface area contributed by atoms with Gasteiger partial charge in [0.25, 0.3) is 17.4 Å². The van der Waals surface area contributed by atoms with E-state index in [1.54, 1.807) is 26.0 Å². The van der Waals surface area contributed by atoms with Gasteiger partial charge in [-0.2, -0.15) is 0 Å². The second kappa shape index (κ2) is 8.19. The van der Waals surface area contributed by atoms with Crippen molar-refractivity contribution < 1.29 is 23.8 Å². The molecule has 0 unspecified atom stereocenters. The molecule has 0 fully saturated rings. The molecule has 10 heteroatoms. The number of ether oxygens (including phenoxy) is 1. The number of pyridine rings is 2. The Balaban J connectivity index is 1.99. The minimum Gasteiger partial charge on any atom is -0.505 e. The van der Waals surface area contributed by atoms with E-state index in [0.717, 1.165) is 5.56 Å². The van der Waals surface area contributed by atoms with Gasteiger partial charge in [0.05, 0.1) is 6.54 Å². The Hall–Kier alpha value is -3.95. The first-order chi connectivity index (χ1) is 15.7. The zero-order valence-corrected chi connectivity index (χ0v) is 18.4. The molecular weight excluding hydrogens is 431 g/mol. The third-order valence-electron chi connectivity index (χ3n) is 5.64. The number of aromatic nitrogens is 2. The van der Waals surface area contributed by atoms with Crippen molar-refractivity contribution in [3.05, 3.63) is 63.3 Å². The number of rotatable bonds is 5. The van der Waals surface area contributed by atoms with E-state index in [9.17, 15) is 23.9 Å². The topological polar surface area (TPSA) is 123 Å². The lowest BCUT2D eigenvalue weighted by atomic mass is 9.98. The van der Waals surface area contributed by atoms with Gasteiger partial charge in [0.2, 0.25) is 5.60 Å². The van der Waals surface area contributed by atoms with Crippen LogP contribution in [0.25, 0.3) is 11.0 Å². The molecule has 0 aliphatic carbocycles. The van der Waals surface area contributed by atoms with E-state index in [0.29, 0.717) is 12.1 Å². The average molecular weight is 454 g/mol. The van der Waals surface area contributed by atoms with Crippen molar-refractivity contribution in [1.82, 2.24) is 20.2 Å². The highest BCUT2D eigenvalue weighted by atomic mass is 19.1. The molecule has 33 heavy (non-hydrogen) atoms. The van der Waals surface area contributed by atoms with E-state index in [1.807, 2.05) is 0 Å². The molecule has 0 radical (unpaired) electrons. The number of hydrogen-bond acceptors (Lipinski definition) is 6. The molecule has 3 aromatic rings. The molecule has 3 N–H and O–H groups in total. The van der Waals surface area contributed by atoms with Gasteiger partial charge in [-0.25, -0.2) is 4.39 Å². The van der Waals surface area contributed by atoms with Gasteiger partial charge in [0, 0.05) is 31.8 Å². The van der Waals surface area contributed by atoms with Gasteiger partial charge in [-0.3, -0.25) is 23.9 Å². The normalized spacial score (nSPS) is 16.8. The number of benzene rings is 1. The number of nitrogens with one attached hydrogen (secondary N) is 2. The largest absolute Gasteiger partial charge is 0.505 e. The van der Waals surface area contributed by atoms with Crippen LogP contribution in [0, 0.1) is 5.82 Å². The molecule has 172 valence electrons. The lowest BCUT2D eigenvalue weighted by Crippen LogP contribution is -2.55. The number of carbonyl (C=O) groups excluding carboxylic acids is 2. The van der Waals surface area contributed by atoms with Crippen LogP contribution in [0.1, 0.15) is 35.3 Å². The van der Waals surface area contributed by atoms with Crippen molar-refractivity contribution in [2.75, 3.05) is 13.6 Å². The maximum Gasteiger partial charge on any atom is 0.268 e. The zero-order valence-electron chi connectivity index (χ0n) is 18.4. The number of aromatic hydroxyl groups is 1. The summed E-state index contributed by atoms with van der Waals surface area (Å²) in [6, 6.07) is 5.87. The van der Waals surface area contributed by atoms with Crippen LogP contribution in [0.4, 0.5) is 4.39 Å². The average Bonchev–Trinajstić information content (AvgIpc) is 2.79. The third-order valence-corrected chi connectivity index (χ3v) is 5.64. The molecule has 1 aliphatic rings. The lowest BCUT2D eigenvalue weighted by molar-refractivity contribution is -0.137. The highest BCUT2D eigenvalue weighted by molar-refractivity contribution is 6.02. The second-order valence-corrected chi connectivity index (χ2v) is 8.00. The summed E-state index contributed by atoms with van der Waals surface area (Å²) >= 11 is 0. The lowest BCUT2D eigenvalue weighted by Gasteiger charge is -2.36. The molecular formula is C23H23FN4O5.